The van der Waals surface area contributed by atoms with Crippen molar-refractivity contribution in [2.45, 2.75) is 53.3 Å². The zero-order valence-electron chi connectivity index (χ0n) is 21.2. The minimum atomic E-state index is -0.516. The lowest BCUT2D eigenvalue weighted by atomic mass is 10.0. The van der Waals surface area contributed by atoms with Gasteiger partial charge in [0.15, 0.2) is 5.65 Å². The maximum absolute atomic E-state index is 13.5. The lowest BCUT2D eigenvalue weighted by Crippen LogP contribution is -2.53. The van der Waals surface area contributed by atoms with Gasteiger partial charge in [-0.15, -0.1) is 0 Å². The summed E-state index contributed by atoms with van der Waals surface area (Å²) >= 11 is 6.34. The van der Waals surface area contributed by atoms with Crippen LogP contribution in [0.3, 0.4) is 0 Å². The third kappa shape index (κ3) is 4.48. The van der Waals surface area contributed by atoms with Gasteiger partial charge in [0.1, 0.15) is 11.4 Å². The van der Waals surface area contributed by atoms with Crippen molar-refractivity contribution in [2.24, 2.45) is 5.92 Å². The lowest BCUT2D eigenvalue weighted by Gasteiger charge is -2.39. The SMILES string of the molecule is Cc1nc2c3c(nn2c(C)c1Cl)CN(C(=O)c1ccccc1OCC1CN(C(=O)OC(C)(C)C)C1)C3. The van der Waals surface area contributed by atoms with E-state index in [0.29, 0.717) is 49.1 Å². The van der Waals surface area contributed by atoms with Crippen molar-refractivity contribution < 1.29 is 19.1 Å². The summed E-state index contributed by atoms with van der Waals surface area (Å²) in [5.74, 6) is 0.608. The number of hydrogen-bond donors (Lipinski definition) is 0. The molecule has 1 aromatic carbocycles. The van der Waals surface area contributed by atoms with Gasteiger partial charge >= 0.3 is 6.09 Å². The quantitative estimate of drug-likeness (QED) is 0.515. The summed E-state index contributed by atoms with van der Waals surface area (Å²) in [6.45, 7) is 11.7. The molecule has 190 valence electrons. The highest BCUT2D eigenvalue weighted by atomic mass is 35.5. The van der Waals surface area contributed by atoms with Gasteiger partial charge in [0.2, 0.25) is 0 Å². The van der Waals surface area contributed by atoms with Crippen LogP contribution in [-0.2, 0) is 17.8 Å². The molecule has 0 bridgehead atoms. The van der Waals surface area contributed by atoms with Gasteiger partial charge in [-0.3, -0.25) is 4.79 Å². The monoisotopic (exact) mass is 511 g/mol. The number of aryl methyl sites for hydroxylation is 2. The molecule has 1 fully saturated rings. The highest BCUT2D eigenvalue weighted by Crippen LogP contribution is 2.31. The molecular weight excluding hydrogens is 482 g/mol. The highest BCUT2D eigenvalue weighted by Gasteiger charge is 2.35. The summed E-state index contributed by atoms with van der Waals surface area (Å²) in [6.07, 6.45) is -0.309. The van der Waals surface area contributed by atoms with E-state index >= 15 is 0 Å². The molecule has 0 unspecified atom stereocenters. The van der Waals surface area contributed by atoms with Crippen molar-refractivity contribution in [3.8, 4) is 5.75 Å². The van der Waals surface area contributed by atoms with Crippen LogP contribution in [0.5, 0.6) is 5.75 Å². The Balaban J connectivity index is 1.24. The van der Waals surface area contributed by atoms with Crippen LogP contribution in [0.15, 0.2) is 24.3 Å². The molecule has 1 saturated heterocycles. The molecule has 0 spiro atoms. The summed E-state index contributed by atoms with van der Waals surface area (Å²) in [6, 6.07) is 7.27. The zero-order chi connectivity index (χ0) is 25.8. The van der Waals surface area contributed by atoms with Gasteiger partial charge in [-0.25, -0.2) is 14.3 Å². The smallest absolute Gasteiger partial charge is 0.410 e. The van der Waals surface area contributed by atoms with Gasteiger partial charge in [0, 0.05) is 24.6 Å². The number of hydrogen-bond acceptors (Lipinski definition) is 6. The second kappa shape index (κ2) is 8.96. The number of fused-ring (bicyclic) bond motifs is 3. The van der Waals surface area contributed by atoms with Crippen LogP contribution >= 0.6 is 11.6 Å². The molecule has 0 N–H and O–H groups in total. The second-order valence-corrected chi connectivity index (χ2v) is 10.9. The van der Waals surface area contributed by atoms with E-state index in [9.17, 15) is 9.59 Å². The Kier molecular flexibility index (Phi) is 6.06. The molecule has 0 radical (unpaired) electrons. The number of carbonyl (C=O) groups excluding carboxylic acids is 2. The van der Waals surface area contributed by atoms with Gasteiger partial charge in [-0.2, -0.15) is 5.10 Å². The first kappa shape index (κ1) is 24.4. The van der Waals surface area contributed by atoms with Crippen LogP contribution in [-0.4, -0.2) is 61.7 Å². The average Bonchev–Trinajstić information content (AvgIpc) is 3.34. The topological polar surface area (TPSA) is 89.3 Å². The number of benzene rings is 1. The molecule has 4 heterocycles. The highest BCUT2D eigenvalue weighted by molar-refractivity contribution is 6.31. The number of halogens is 1. The fourth-order valence-corrected chi connectivity index (χ4v) is 4.68. The van der Waals surface area contributed by atoms with Crippen LogP contribution in [0.1, 0.15) is 53.8 Å². The Morgan fingerprint density at radius 3 is 2.56 bits per heavy atom. The summed E-state index contributed by atoms with van der Waals surface area (Å²) in [4.78, 5) is 33.7. The number of carbonyl (C=O) groups is 2. The Bertz CT molecular complexity index is 1360. The van der Waals surface area contributed by atoms with Crippen molar-refractivity contribution >= 4 is 29.2 Å². The largest absolute Gasteiger partial charge is 0.492 e. The fourth-order valence-electron chi connectivity index (χ4n) is 4.55. The summed E-state index contributed by atoms with van der Waals surface area (Å²) in [5.41, 5.74) is 4.09. The first-order valence-electron chi connectivity index (χ1n) is 12.0. The molecule has 2 aliphatic rings. The predicted molar refractivity (Wildman–Crippen MR) is 134 cm³/mol. The Labute approximate surface area is 214 Å². The molecule has 2 aromatic heterocycles. The van der Waals surface area contributed by atoms with Crippen LogP contribution in [0, 0.1) is 19.8 Å². The molecule has 0 atom stereocenters. The van der Waals surface area contributed by atoms with Crippen molar-refractivity contribution in [2.75, 3.05) is 19.7 Å². The van der Waals surface area contributed by atoms with Crippen LogP contribution in [0.25, 0.3) is 5.65 Å². The molecule has 0 aliphatic carbocycles. The first-order valence-corrected chi connectivity index (χ1v) is 12.4. The molecule has 10 heteroatoms. The lowest BCUT2D eigenvalue weighted by molar-refractivity contribution is -0.00785. The third-order valence-electron chi connectivity index (χ3n) is 6.44. The van der Waals surface area contributed by atoms with Crippen LogP contribution < -0.4 is 4.74 Å². The molecule has 2 amide bonds. The molecule has 9 nitrogen and oxygen atoms in total. The van der Waals surface area contributed by atoms with E-state index in [1.807, 2.05) is 46.8 Å². The second-order valence-electron chi connectivity index (χ2n) is 10.5. The van der Waals surface area contributed by atoms with E-state index in [1.165, 1.54) is 0 Å². The Morgan fingerprint density at radius 2 is 1.83 bits per heavy atom. The van der Waals surface area contributed by atoms with E-state index in [1.54, 1.807) is 26.4 Å². The van der Waals surface area contributed by atoms with Crippen LogP contribution in [0.4, 0.5) is 4.79 Å². The molecular formula is C26H30ClN5O4. The Hall–Kier alpha value is -3.33. The predicted octanol–water partition coefficient (Wildman–Crippen LogP) is 4.40. The first-order chi connectivity index (χ1) is 17.0. The molecule has 5 rings (SSSR count). The fraction of sp³-hybridized carbons (Fsp3) is 0.462. The van der Waals surface area contributed by atoms with Crippen LogP contribution in [0.2, 0.25) is 5.02 Å². The third-order valence-corrected chi connectivity index (χ3v) is 6.99. The van der Waals surface area contributed by atoms with Gasteiger partial charge in [0.05, 0.1) is 47.4 Å². The summed E-state index contributed by atoms with van der Waals surface area (Å²) < 4.78 is 13.2. The number of para-hydroxylation sites is 1. The van der Waals surface area contributed by atoms with Gasteiger partial charge < -0.3 is 19.3 Å². The van der Waals surface area contributed by atoms with E-state index < -0.39 is 5.60 Å². The maximum Gasteiger partial charge on any atom is 0.410 e. The minimum absolute atomic E-state index is 0.117. The standard InChI is InChI=1S/C26H30ClN5O4/c1-15-22(27)16(2)32-23(28-15)19-12-30(13-20(19)29-32)24(33)18-8-6-7-9-21(18)35-14-17-10-31(11-17)25(34)36-26(3,4)5/h6-9,17H,10-14H2,1-5H3. The van der Waals surface area contributed by atoms with E-state index in [4.69, 9.17) is 21.1 Å². The molecule has 0 saturated carbocycles. The van der Waals surface area contributed by atoms with Gasteiger partial charge in [-0.05, 0) is 46.8 Å². The number of rotatable bonds is 4. The number of likely N-dealkylation sites (tertiary alicyclic amines) is 1. The van der Waals surface area contributed by atoms with Crippen molar-refractivity contribution in [1.82, 2.24) is 24.4 Å². The van der Waals surface area contributed by atoms with Crippen molar-refractivity contribution in [3.63, 3.8) is 0 Å². The molecule has 3 aromatic rings. The molecule has 2 aliphatic heterocycles. The molecule has 36 heavy (non-hydrogen) atoms. The normalized spacial score (nSPS) is 15.7. The zero-order valence-corrected chi connectivity index (χ0v) is 21.9. The summed E-state index contributed by atoms with van der Waals surface area (Å²) in [7, 11) is 0. The minimum Gasteiger partial charge on any atom is -0.492 e. The van der Waals surface area contributed by atoms with Gasteiger partial charge in [0.25, 0.3) is 5.91 Å². The van der Waals surface area contributed by atoms with Crippen molar-refractivity contribution in [3.05, 3.63) is 57.5 Å². The van der Waals surface area contributed by atoms with E-state index in [0.717, 1.165) is 28.3 Å². The summed E-state index contributed by atoms with van der Waals surface area (Å²) in [5, 5.41) is 5.27. The number of aromatic nitrogens is 3. The number of nitrogens with zero attached hydrogens (tertiary/aromatic N) is 5. The van der Waals surface area contributed by atoms with E-state index in [-0.39, 0.29) is 17.9 Å². The average molecular weight is 512 g/mol. The number of amides is 2. The van der Waals surface area contributed by atoms with Gasteiger partial charge in [-0.1, -0.05) is 23.7 Å². The number of ether oxygens (including phenoxy) is 2. The Morgan fingerprint density at radius 1 is 1.11 bits per heavy atom. The maximum atomic E-state index is 13.5. The van der Waals surface area contributed by atoms with E-state index in [2.05, 4.69) is 10.1 Å². The van der Waals surface area contributed by atoms with Crippen molar-refractivity contribution in [1.29, 1.82) is 0 Å².